The van der Waals surface area contributed by atoms with Crippen molar-refractivity contribution in [2.75, 3.05) is 0 Å². The summed E-state index contributed by atoms with van der Waals surface area (Å²) in [4.78, 5) is 11.4. The van der Waals surface area contributed by atoms with Crippen LogP contribution in [0, 0.1) is 10.5 Å². The Bertz CT molecular complexity index is 732. The van der Waals surface area contributed by atoms with Gasteiger partial charge in [0.15, 0.2) is 5.72 Å². The van der Waals surface area contributed by atoms with Crippen molar-refractivity contribution in [3.05, 3.63) is 68.3 Å². The lowest BCUT2D eigenvalue weighted by Crippen LogP contribution is -2.47. The van der Waals surface area contributed by atoms with Gasteiger partial charge in [0, 0.05) is 14.7 Å². The Morgan fingerprint density at radius 3 is 2.46 bits per heavy atom. The van der Waals surface area contributed by atoms with Gasteiger partial charge in [-0.15, -0.1) is 0 Å². The first-order chi connectivity index (χ1) is 11.4. The molecule has 1 atom stereocenters. The average molecular weight is 439 g/mol. The molecule has 1 unspecified atom stereocenters. The number of amides is 1. The summed E-state index contributed by atoms with van der Waals surface area (Å²) in [5.74, 6) is 0. The van der Waals surface area contributed by atoms with Crippen molar-refractivity contribution >= 4 is 28.7 Å². The van der Waals surface area contributed by atoms with Crippen LogP contribution < -0.4 is 5.32 Å². The second-order valence-electron chi connectivity index (χ2n) is 5.82. The highest BCUT2D eigenvalue weighted by molar-refractivity contribution is 14.1. The molecule has 0 saturated heterocycles. The zero-order valence-corrected chi connectivity index (χ0v) is 16.0. The number of carboxylic acid groups (broad SMARTS) is 1. The largest absolute Gasteiger partial charge is 0.465 e. The topological polar surface area (TPSA) is 69.6 Å². The van der Waals surface area contributed by atoms with E-state index in [1.807, 2.05) is 31.2 Å². The number of hydrogen-bond acceptors (Lipinski definition) is 2. The summed E-state index contributed by atoms with van der Waals surface area (Å²) in [6, 6.07) is 12.9. The first kappa shape index (κ1) is 18.7. The molecule has 1 amide bonds. The molecule has 5 heteroatoms. The molecule has 2 aromatic carbocycles. The molecule has 0 fully saturated rings. The molecule has 0 saturated carbocycles. The highest BCUT2D eigenvalue weighted by Gasteiger charge is 2.37. The molecule has 2 aromatic rings. The van der Waals surface area contributed by atoms with Crippen LogP contribution in [0.5, 0.6) is 0 Å². The molecule has 0 radical (unpaired) electrons. The molecular weight excluding hydrogens is 417 g/mol. The lowest BCUT2D eigenvalue weighted by atomic mass is 9.86. The van der Waals surface area contributed by atoms with Crippen LogP contribution >= 0.6 is 22.6 Å². The van der Waals surface area contributed by atoms with Crippen molar-refractivity contribution in [1.82, 2.24) is 5.32 Å². The van der Waals surface area contributed by atoms with Gasteiger partial charge < -0.3 is 10.2 Å². The fourth-order valence-electron chi connectivity index (χ4n) is 2.92. The normalized spacial score (nSPS) is 13.3. The third kappa shape index (κ3) is 3.89. The number of rotatable bonds is 6. The zero-order chi connectivity index (χ0) is 17.7. The number of aliphatic hydroxyl groups is 1. The third-order valence-electron chi connectivity index (χ3n) is 4.13. The Labute approximate surface area is 156 Å². The number of carbonyl (C=O) groups is 1. The number of aryl methyl sites for hydroxylation is 1. The van der Waals surface area contributed by atoms with Crippen LogP contribution in [-0.4, -0.2) is 16.3 Å². The van der Waals surface area contributed by atoms with Crippen molar-refractivity contribution in [2.45, 2.75) is 38.8 Å². The van der Waals surface area contributed by atoms with Crippen molar-refractivity contribution < 1.29 is 15.0 Å². The van der Waals surface area contributed by atoms with E-state index in [0.717, 1.165) is 34.0 Å². The number of benzene rings is 2. The maximum Gasteiger partial charge on any atom is 0.407 e. The molecule has 0 aliphatic heterocycles. The van der Waals surface area contributed by atoms with E-state index in [0.29, 0.717) is 11.1 Å². The fraction of sp³-hybridized carbons (Fsp3) is 0.316. The molecular formula is C19H22INO3. The van der Waals surface area contributed by atoms with Gasteiger partial charge in [0.25, 0.3) is 0 Å². The Morgan fingerprint density at radius 1 is 1.17 bits per heavy atom. The standard InChI is InChI=1S/C19H22INO3/c1-3-4-9-14-13(2)8-7-11-15(14)19(24,21-18(22)23)16-10-5-6-12-17(16)20/h5-8,10-12,21,24H,3-4,9H2,1-2H3,(H,22,23). The smallest absolute Gasteiger partial charge is 0.407 e. The van der Waals surface area contributed by atoms with E-state index < -0.39 is 11.8 Å². The van der Waals surface area contributed by atoms with Gasteiger partial charge in [-0.3, -0.25) is 5.32 Å². The molecule has 0 heterocycles. The van der Waals surface area contributed by atoms with Crippen LogP contribution in [0.2, 0.25) is 0 Å². The van der Waals surface area contributed by atoms with E-state index in [2.05, 4.69) is 34.8 Å². The SMILES string of the molecule is CCCCc1c(C)cccc1C(O)(NC(=O)O)c1ccccc1I. The summed E-state index contributed by atoms with van der Waals surface area (Å²) in [7, 11) is 0. The first-order valence-electron chi connectivity index (χ1n) is 7.97. The number of nitrogens with one attached hydrogen (secondary N) is 1. The van der Waals surface area contributed by atoms with Crippen LogP contribution in [0.25, 0.3) is 0 Å². The van der Waals surface area contributed by atoms with Crippen LogP contribution in [0.4, 0.5) is 4.79 Å². The second-order valence-corrected chi connectivity index (χ2v) is 6.99. The minimum Gasteiger partial charge on any atom is -0.465 e. The molecule has 24 heavy (non-hydrogen) atoms. The molecule has 0 bridgehead atoms. The molecule has 2 rings (SSSR count). The highest BCUT2D eigenvalue weighted by atomic mass is 127. The number of unbranched alkanes of at least 4 members (excludes halogenated alkanes) is 1. The monoisotopic (exact) mass is 439 g/mol. The van der Waals surface area contributed by atoms with E-state index in [4.69, 9.17) is 0 Å². The van der Waals surface area contributed by atoms with Gasteiger partial charge in [-0.25, -0.2) is 4.79 Å². The molecule has 0 spiro atoms. The Hall–Kier alpha value is -1.60. The van der Waals surface area contributed by atoms with Gasteiger partial charge in [-0.2, -0.15) is 0 Å². The van der Waals surface area contributed by atoms with Crippen molar-refractivity contribution in [1.29, 1.82) is 0 Å². The van der Waals surface area contributed by atoms with E-state index >= 15 is 0 Å². The maximum atomic E-state index is 11.4. The van der Waals surface area contributed by atoms with Crippen LogP contribution in [0.1, 0.15) is 42.0 Å². The highest BCUT2D eigenvalue weighted by Crippen LogP contribution is 2.34. The van der Waals surface area contributed by atoms with Gasteiger partial charge in [0.1, 0.15) is 0 Å². The van der Waals surface area contributed by atoms with Crippen molar-refractivity contribution in [3.63, 3.8) is 0 Å². The summed E-state index contributed by atoms with van der Waals surface area (Å²) in [5.41, 5.74) is 1.41. The quantitative estimate of drug-likeness (QED) is 0.462. The molecule has 4 nitrogen and oxygen atoms in total. The predicted molar refractivity (Wildman–Crippen MR) is 103 cm³/mol. The maximum absolute atomic E-state index is 11.4. The van der Waals surface area contributed by atoms with Crippen LogP contribution in [0.15, 0.2) is 42.5 Å². The minimum absolute atomic E-state index is 0.538. The summed E-state index contributed by atoms with van der Waals surface area (Å²) in [5, 5.41) is 23.1. The number of hydrogen-bond donors (Lipinski definition) is 3. The summed E-state index contributed by atoms with van der Waals surface area (Å²) < 4.78 is 0.800. The van der Waals surface area contributed by atoms with E-state index in [1.165, 1.54) is 0 Å². The lowest BCUT2D eigenvalue weighted by molar-refractivity contribution is 0.0426. The van der Waals surface area contributed by atoms with Gasteiger partial charge in [-0.1, -0.05) is 49.7 Å². The molecule has 0 aliphatic carbocycles. The average Bonchev–Trinajstić information content (AvgIpc) is 2.53. The van der Waals surface area contributed by atoms with Gasteiger partial charge >= 0.3 is 6.09 Å². The van der Waals surface area contributed by atoms with Gasteiger partial charge in [0.2, 0.25) is 0 Å². The van der Waals surface area contributed by atoms with Crippen LogP contribution in [-0.2, 0) is 12.1 Å². The van der Waals surface area contributed by atoms with Gasteiger partial charge in [0.05, 0.1) is 0 Å². The van der Waals surface area contributed by atoms with Gasteiger partial charge in [-0.05, 0) is 59.5 Å². The van der Waals surface area contributed by atoms with E-state index in [-0.39, 0.29) is 0 Å². The Balaban J connectivity index is 2.67. The zero-order valence-electron chi connectivity index (χ0n) is 13.8. The second kappa shape index (κ2) is 7.98. The van der Waals surface area contributed by atoms with Crippen molar-refractivity contribution in [3.8, 4) is 0 Å². The summed E-state index contributed by atoms with van der Waals surface area (Å²) >= 11 is 2.12. The summed E-state index contributed by atoms with van der Waals surface area (Å²) in [6.45, 7) is 4.10. The van der Waals surface area contributed by atoms with E-state index in [9.17, 15) is 15.0 Å². The molecule has 0 aliphatic rings. The lowest BCUT2D eigenvalue weighted by Gasteiger charge is -2.32. The molecule has 3 N–H and O–H groups in total. The van der Waals surface area contributed by atoms with Crippen molar-refractivity contribution in [2.24, 2.45) is 0 Å². The Morgan fingerprint density at radius 2 is 1.83 bits per heavy atom. The summed E-state index contributed by atoms with van der Waals surface area (Å²) in [6.07, 6.45) is 1.54. The fourth-order valence-corrected chi connectivity index (χ4v) is 3.69. The third-order valence-corrected chi connectivity index (χ3v) is 5.07. The van der Waals surface area contributed by atoms with E-state index in [1.54, 1.807) is 18.2 Å². The minimum atomic E-state index is -1.78. The predicted octanol–water partition coefficient (Wildman–Crippen LogP) is 4.40. The molecule has 128 valence electrons. The number of halogens is 1. The van der Waals surface area contributed by atoms with Crippen LogP contribution in [0.3, 0.4) is 0 Å². The molecule has 0 aromatic heterocycles. The Kier molecular flexibility index (Phi) is 6.23. The first-order valence-corrected chi connectivity index (χ1v) is 9.05.